The minimum atomic E-state index is -0.845. The van der Waals surface area contributed by atoms with Crippen molar-refractivity contribution in [3.63, 3.8) is 0 Å². The molecule has 2 heterocycles. The molecule has 1 fully saturated rings. The molecule has 0 bridgehead atoms. The molecule has 0 aromatic rings. The van der Waals surface area contributed by atoms with Gasteiger partial charge in [0.15, 0.2) is 0 Å². The third-order valence-electron chi connectivity index (χ3n) is 7.38. The summed E-state index contributed by atoms with van der Waals surface area (Å²) in [5, 5.41) is 22.2. The predicted octanol–water partition coefficient (Wildman–Crippen LogP) is 5.47. The molecule has 7 heteroatoms. The first-order valence-electron chi connectivity index (χ1n) is 14.1. The Morgan fingerprint density at radius 2 is 1.63 bits per heavy atom. The van der Waals surface area contributed by atoms with E-state index in [1.807, 2.05) is 6.92 Å². The number of hydrogen-bond donors (Lipinski definition) is 4. The van der Waals surface area contributed by atoms with Gasteiger partial charge >= 0.3 is 6.03 Å². The van der Waals surface area contributed by atoms with Gasteiger partial charge in [0.2, 0.25) is 0 Å². The lowest BCUT2D eigenvalue weighted by molar-refractivity contribution is -0.0553. The average molecular weight is 494 g/mol. The highest BCUT2D eigenvalue weighted by Crippen LogP contribution is 2.29. The maximum absolute atomic E-state index is 12.7. The Labute approximate surface area is 213 Å². The first-order chi connectivity index (χ1) is 16.9. The van der Waals surface area contributed by atoms with Crippen LogP contribution in [0.5, 0.6) is 0 Å². The highest BCUT2D eigenvalue weighted by molar-refractivity contribution is 5.78. The van der Waals surface area contributed by atoms with Crippen LogP contribution in [0.15, 0.2) is 23.9 Å². The van der Waals surface area contributed by atoms with Gasteiger partial charge in [0.25, 0.3) is 0 Å². The largest absolute Gasteiger partial charge is 0.394 e. The number of carbonyl (C=O) groups excluding carboxylic acids is 1. The second-order valence-corrected chi connectivity index (χ2v) is 10.4. The maximum Gasteiger partial charge on any atom is 0.325 e. The van der Waals surface area contributed by atoms with Gasteiger partial charge in [-0.15, -0.1) is 0 Å². The van der Waals surface area contributed by atoms with Crippen molar-refractivity contribution in [3.05, 3.63) is 23.9 Å². The van der Waals surface area contributed by atoms with Crippen molar-refractivity contribution in [2.45, 2.75) is 141 Å². The zero-order valence-electron chi connectivity index (χ0n) is 22.2. The lowest BCUT2D eigenvalue weighted by atomic mass is 9.93. The van der Waals surface area contributed by atoms with E-state index in [0.717, 1.165) is 18.4 Å². The summed E-state index contributed by atoms with van der Waals surface area (Å²) in [6, 6.07) is -0.321. The van der Waals surface area contributed by atoms with Gasteiger partial charge in [-0.2, -0.15) is 0 Å². The Kier molecular flexibility index (Phi) is 13.9. The average Bonchev–Trinajstić information content (AvgIpc) is 3.21. The highest BCUT2D eigenvalue weighted by atomic mass is 16.5. The third-order valence-corrected chi connectivity index (χ3v) is 7.38. The number of urea groups is 1. The van der Waals surface area contributed by atoms with Crippen molar-refractivity contribution in [2.75, 3.05) is 6.61 Å². The topological polar surface area (TPSA) is 108 Å². The molecule has 0 saturated carbocycles. The Balaban J connectivity index is 1.54. The molecule has 0 aromatic carbocycles. The fraction of sp³-hybridized carbons (Fsp3) is 0.821. The standard InChI is InChI=1S/C28H51N3O4/c1-3-4-5-6-7-8-9-10-11-12-13-14-15-16-17-18-19-28(29)23(2)21-31(27(34)30-28)26-20-24(33)25(22-32)35-26/h10-11,21,24-26,32-33H,3-9,12-20,22,29H2,1-2H3,(H,30,34)/b11-10-/t24-,25+,26+,28?/m0/s1. The molecular formula is C28H51N3O4. The molecule has 0 aliphatic carbocycles. The number of rotatable bonds is 18. The summed E-state index contributed by atoms with van der Waals surface area (Å²) < 4.78 is 5.62. The van der Waals surface area contributed by atoms with E-state index in [0.29, 0.717) is 6.42 Å². The van der Waals surface area contributed by atoms with E-state index in [4.69, 9.17) is 10.5 Å². The molecule has 2 rings (SSSR count). The lowest BCUT2D eigenvalue weighted by Crippen LogP contribution is -2.63. The molecule has 2 aliphatic heterocycles. The molecule has 0 radical (unpaired) electrons. The van der Waals surface area contributed by atoms with Crippen molar-refractivity contribution in [3.8, 4) is 0 Å². The van der Waals surface area contributed by atoms with Crippen molar-refractivity contribution < 1.29 is 19.7 Å². The van der Waals surface area contributed by atoms with Crippen LogP contribution in [-0.4, -0.2) is 51.8 Å². The molecule has 0 spiro atoms. The maximum atomic E-state index is 12.7. The quantitative estimate of drug-likeness (QED) is 0.150. The van der Waals surface area contributed by atoms with Crippen LogP contribution in [0, 0.1) is 0 Å². The minimum absolute atomic E-state index is 0.271. The summed E-state index contributed by atoms with van der Waals surface area (Å²) >= 11 is 0. The molecule has 1 saturated heterocycles. The number of nitrogens with one attached hydrogen (secondary N) is 1. The van der Waals surface area contributed by atoms with Crippen molar-refractivity contribution >= 4 is 6.03 Å². The van der Waals surface area contributed by atoms with Crippen molar-refractivity contribution in [1.82, 2.24) is 10.2 Å². The molecule has 4 atom stereocenters. The van der Waals surface area contributed by atoms with Crippen LogP contribution in [0.1, 0.15) is 117 Å². The number of nitrogens with zero attached hydrogens (tertiary/aromatic N) is 1. The van der Waals surface area contributed by atoms with Crippen LogP contribution in [0.3, 0.4) is 0 Å². The number of allylic oxidation sites excluding steroid dienone is 2. The molecular weight excluding hydrogens is 442 g/mol. The Morgan fingerprint density at radius 1 is 1.06 bits per heavy atom. The molecule has 2 amide bonds. The second-order valence-electron chi connectivity index (χ2n) is 10.4. The Hall–Kier alpha value is -1.41. The van der Waals surface area contributed by atoms with E-state index in [1.165, 1.54) is 81.9 Å². The van der Waals surface area contributed by atoms with Crippen LogP contribution in [0.25, 0.3) is 0 Å². The zero-order valence-corrected chi connectivity index (χ0v) is 22.2. The van der Waals surface area contributed by atoms with Gasteiger partial charge in [0.1, 0.15) is 18.0 Å². The number of amides is 2. The second kappa shape index (κ2) is 16.4. The van der Waals surface area contributed by atoms with Gasteiger partial charge in [-0.3, -0.25) is 4.90 Å². The molecule has 0 aromatic heterocycles. The summed E-state index contributed by atoms with van der Waals surface area (Å²) in [5.41, 5.74) is 6.56. The number of nitrogens with two attached hydrogens (primary N) is 1. The number of ether oxygens (including phenoxy) is 1. The van der Waals surface area contributed by atoms with Crippen LogP contribution in [-0.2, 0) is 4.74 Å². The van der Waals surface area contributed by atoms with Gasteiger partial charge in [0, 0.05) is 12.6 Å². The zero-order chi connectivity index (χ0) is 25.5. The summed E-state index contributed by atoms with van der Waals surface area (Å²) in [7, 11) is 0. The van der Waals surface area contributed by atoms with Gasteiger partial charge in [-0.25, -0.2) is 4.79 Å². The van der Waals surface area contributed by atoms with Crippen molar-refractivity contribution in [2.24, 2.45) is 5.73 Å². The number of aliphatic hydroxyl groups is 2. The van der Waals surface area contributed by atoms with Crippen molar-refractivity contribution in [1.29, 1.82) is 0 Å². The molecule has 1 unspecified atom stereocenters. The fourth-order valence-electron chi connectivity index (χ4n) is 4.91. The van der Waals surface area contributed by atoms with Crippen LogP contribution in [0.4, 0.5) is 4.79 Å². The lowest BCUT2D eigenvalue weighted by Gasteiger charge is -2.40. The van der Waals surface area contributed by atoms with Gasteiger partial charge in [-0.05, 0) is 51.0 Å². The minimum Gasteiger partial charge on any atom is -0.394 e. The van der Waals surface area contributed by atoms with E-state index in [-0.39, 0.29) is 19.1 Å². The van der Waals surface area contributed by atoms with E-state index >= 15 is 0 Å². The monoisotopic (exact) mass is 493 g/mol. The molecule has 2 aliphatic rings. The summed E-state index contributed by atoms with van der Waals surface area (Å²) in [4.78, 5) is 14.1. The smallest absolute Gasteiger partial charge is 0.325 e. The summed E-state index contributed by atoms with van der Waals surface area (Å²) in [6.07, 6.45) is 23.0. The summed E-state index contributed by atoms with van der Waals surface area (Å²) in [5.74, 6) is 0. The number of aliphatic hydroxyl groups excluding tert-OH is 2. The normalized spacial score (nSPS) is 27.0. The SMILES string of the molecule is CCCCCCCC/C=C\CCCCCCCCC1(N)NC(=O)N([C@H]2C[C@H](O)[C@@H](CO)O2)C=C1C. The number of carbonyl (C=O) groups is 1. The fourth-order valence-corrected chi connectivity index (χ4v) is 4.91. The Morgan fingerprint density at radius 3 is 2.20 bits per heavy atom. The Bertz CT molecular complexity index is 669. The molecule has 202 valence electrons. The first-order valence-corrected chi connectivity index (χ1v) is 14.1. The van der Waals surface area contributed by atoms with Crippen LogP contribution in [0.2, 0.25) is 0 Å². The van der Waals surface area contributed by atoms with Gasteiger partial charge < -0.3 is 26.0 Å². The first kappa shape index (κ1) is 29.8. The van der Waals surface area contributed by atoms with Gasteiger partial charge in [-0.1, -0.05) is 76.9 Å². The number of hydrogen-bond acceptors (Lipinski definition) is 5. The molecule has 35 heavy (non-hydrogen) atoms. The molecule has 7 nitrogen and oxygen atoms in total. The van der Waals surface area contributed by atoms with E-state index < -0.39 is 24.1 Å². The predicted molar refractivity (Wildman–Crippen MR) is 141 cm³/mol. The molecule has 5 N–H and O–H groups in total. The van der Waals surface area contributed by atoms with E-state index in [1.54, 1.807) is 6.20 Å². The van der Waals surface area contributed by atoms with Crippen LogP contribution < -0.4 is 11.1 Å². The number of unbranched alkanes of at least 4 members (excludes halogenated alkanes) is 12. The summed E-state index contributed by atoms with van der Waals surface area (Å²) in [6.45, 7) is 3.91. The van der Waals surface area contributed by atoms with Crippen LogP contribution >= 0.6 is 0 Å². The third kappa shape index (κ3) is 10.2. The van der Waals surface area contributed by atoms with Gasteiger partial charge in [0.05, 0.1) is 12.7 Å². The van der Waals surface area contributed by atoms with E-state index in [9.17, 15) is 15.0 Å². The highest BCUT2D eigenvalue weighted by Gasteiger charge is 2.42. The van der Waals surface area contributed by atoms with E-state index in [2.05, 4.69) is 24.4 Å².